The summed E-state index contributed by atoms with van der Waals surface area (Å²) in [5.74, 6) is 0. The van der Waals surface area contributed by atoms with E-state index in [4.69, 9.17) is 0 Å². The molecule has 140 valence electrons. The minimum atomic E-state index is -3.26. The number of urea groups is 1. The number of anilines is 1. The van der Waals surface area contributed by atoms with E-state index in [1.54, 1.807) is 18.7 Å². The minimum absolute atomic E-state index is 0.0928. The minimum Gasteiger partial charge on any atom is -0.324 e. The predicted molar refractivity (Wildman–Crippen MR) is 101 cm³/mol. The molecule has 1 aliphatic rings. The number of carbonyl (C=O) groups excluding carboxylic acids is 1. The summed E-state index contributed by atoms with van der Waals surface area (Å²) in [6.07, 6.45) is 3.40. The van der Waals surface area contributed by atoms with Gasteiger partial charge in [-0.1, -0.05) is 25.5 Å². The van der Waals surface area contributed by atoms with Crippen molar-refractivity contribution in [2.45, 2.75) is 57.7 Å². The molecule has 7 heteroatoms. The van der Waals surface area contributed by atoms with E-state index in [1.165, 1.54) is 5.56 Å². The maximum absolute atomic E-state index is 12.4. The van der Waals surface area contributed by atoms with Gasteiger partial charge in [0.05, 0.1) is 5.25 Å². The lowest BCUT2D eigenvalue weighted by Crippen LogP contribution is -2.48. The Kier molecular flexibility index (Phi) is 6.84. The van der Waals surface area contributed by atoms with Crippen LogP contribution in [-0.4, -0.2) is 43.7 Å². The van der Waals surface area contributed by atoms with Crippen molar-refractivity contribution in [1.29, 1.82) is 0 Å². The summed E-state index contributed by atoms with van der Waals surface area (Å²) in [5.41, 5.74) is 2.05. The quantitative estimate of drug-likeness (QED) is 0.811. The summed E-state index contributed by atoms with van der Waals surface area (Å²) < 4.78 is 26.6. The Balaban J connectivity index is 1.83. The molecule has 0 atom stereocenters. The highest BCUT2D eigenvalue weighted by Crippen LogP contribution is 2.16. The largest absolute Gasteiger partial charge is 0.324 e. The second-order valence-electron chi connectivity index (χ2n) is 6.85. The van der Waals surface area contributed by atoms with Crippen LogP contribution in [0.5, 0.6) is 0 Å². The van der Waals surface area contributed by atoms with Crippen LogP contribution in [0.4, 0.5) is 10.5 Å². The second-order valence-corrected chi connectivity index (χ2v) is 9.12. The van der Waals surface area contributed by atoms with Gasteiger partial charge in [-0.2, -0.15) is 0 Å². The number of nitrogens with zero attached hydrogens (tertiary/aromatic N) is 1. The fourth-order valence-corrected chi connectivity index (χ4v) is 3.79. The van der Waals surface area contributed by atoms with Gasteiger partial charge in [-0.05, 0) is 50.8 Å². The van der Waals surface area contributed by atoms with Crippen molar-refractivity contribution in [2.24, 2.45) is 0 Å². The fraction of sp³-hybridized carbons (Fsp3) is 0.611. The Morgan fingerprint density at radius 2 is 1.80 bits per heavy atom. The first kappa shape index (κ1) is 19.7. The molecule has 1 heterocycles. The van der Waals surface area contributed by atoms with Crippen LogP contribution in [0.25, 0.3) is 0 Å². The lowest BCUT2D eigenvalue weighted by atomic mass is 10.1. The normalized spacial score (nSPS) is 16.2. The molecule has 6 nitrogen and oxygen atoms in total. The zero-order chi connectivity index (χ0) is 18.4. The molecule has 1 aromatic rings. The number of nitrogens with one attached hydrogen (secondary N) is 2. The predicted octanol–water partition coefficient (Wildman–Crippen LogP) is 2.96. The van der Waals surface area contributed by atoms with Gasteiger partial charge in [-0.25, -0.2) is 17.9 Å². The molecule has 2 rings (SSSR count). The molecule has 0 spiro atoms. The van der Waals surface area contributed by atoms with Crippen molar-refractivity contribution in [3.05, 3.63) is 29.8 Å². The van der Waals surface area contributed by atoms with E-state index in [2.05, 4.69) is 17.0 Å². The summed E-state index contributed by atoms with van der Waals surface area (Å²) >= 11 is 0. The molecule has 0 aromatic heterocycles. The number of aryl methyl sites for hydroxylation is 1. The van der Waals surface area contributed by atoms with E-state index in [-0.39, 0.29) is 12.1 Å². The molecular weight excluding hydrogens is 338 g/mol. The van der Waals surface area contributed by atoms with Crippen LogP contribution in [0.2, 0.25) is 0 Å². The molecule has 0 saturated carbocycles. The van der Waals surface area contributed by atoms with Crippen molar-refractivity contribution in [2.75, 3.05) is 18.4 Å². The van der Waals surface area contributed by atoms with Crippen molar-refractivity contribution >= 4 is 21.7 Å². The van der Waals surface area contributed by atoms with Gasteiger partial charge in [0, 0.05) is 24.8 Å². The lowest BCUT2D eigenvalue weighted by Gasteiger charge is -2.32. The standard InChI is InChI=1S/C18H29N3O3S/c1-4-5-15-6-8-16(9-7-15)19-18(22)21-12-10-17(11-13-21)20-25(23,24)14(2)3/h6-9,14,17,20H,4-5,10-13H2,1-3H3,(H,19,22). The smallest absolute Gasteiger partial charge is 0.321 e. The molecule has 2 N–H and O–H groups in total. The molecule has 0 bridgehead atoms. The van der Waals surface area contributed by atoms with Crippen LogP contribution in [0.1, 0.15) is 45.6 Å². The van der Waals surface area contributed by atoms with Crippen molar-refractivity contribution in [3.8, 4) is 0 Å². The summed E-state index contributed by atoms with van der Waals surface area (Å²) in [6.45, 7) is 6.56. The van der Waals surface area contributed by atoms with Crippen LogP contribution < -0.4 is 10.0 Å². The van der Waals surface area contributed by atoms with Gasteiger partial charge in [-0.3, -0.25) is 0 Å². The van der Waals surface area contributed by atoms with Gasteiger partial charge in [0.15, 0.2) is 0 Å². The van der Waals surface area contributed by atoms with Crippen LogP contribution >= 0.6 is 0 Å². The van der Waals surface area contributed by atoms with Crippen molar-refractivity contribution in [1.82, 2.24) is 9.62 Å². The number of rotatable bonds is 6. The number of hydrogen-bond donors (Lipinski definition) is 2. The molecule has 1 saturated heterocycles. The highest BCUT2D eigenvalue weighted by Gasteiger charge is 2.27. The summed E-state index contributed by atoms with van der Waals surface area (Å²) in [4.78, 5) is 14.1. The average molecular weight is 368 g/mol. The topological polar surface area (TPSA) is 78.5 Å². The van der Waals surface area contributed by atoms with Gasteiger partial charge < -0.3 is 10.2 Å². The van der Waals surface area contributed by atoms with Gasteiger partial charge in [0.1, 0.15) is 0 Å². The number of piperidine rings is 1. The highest BCUT2D eigenvalue weighted by atomic mass is 32.2. The number of carbonyl (C=O) groups is 1. The monoisotopic (exact) mass is 367 g/mol. The van der Waals surface area contributed by atoms with E-state index in [0.29, 0.717) is 25.9 Å². The molecule has 0 aliphatic carbocycles. The number of benzene rings is 1. The third kappa shape index (κ3) is 5.71. The van der Waals surface area contributed by atoms with Crippen LogP contribution in [0.15, 0.2) is 24.3 Å². The molecule has 1 aromatic carbocycles. The third-order valence-electron chi connectivity index (χ3n) is 4.48. The molecule has 0 radical (unpaired) electrons. The molecule has 0 unspecified atom stereocenters. The van der Waals surface area contributed by atoms with Gasteiger partial charge in [0.25, 0.3) is 0 Å². The average Bonchev–Trinajstić information content (AvgIpc) is 2.57. The lowest BCUT2D eigenvalue weighted by molar-refractivity contribution is 0.193. The SMILES string of the molecule is CCCc1ccc(NC(=O)N2CCC(NS(=O)(=O)C(C)C)CC2)cc1. The number of amides is 2. The van der Waals surface area contributed by atoms with Crippen molar-refractivity contribution < 1.29 is 13.2 Å². The van der Waals surface area contributed by atoms with E-state index in [0.717, 1.165) is 18.5 Å². The van der Waals surface area contributed by atoms with Crippen LogP contribution in [0.3, 0.4) is 0 Å². The Morgan fingerprint density at radius 1 is 1.20 bits per heavy atom. The first-order chi connectivity index (χ1) is 11.8. The fourth-order valence-electron chi connectivity index (χ4n) is 2.81. The molecule has 1 fully saturated rings. The highest BCUT2D eigenvalue weighted by molar-refractivity contribution is 7.90. The van der Waals surface area contributed by atoms with Crippen molar-refractivity contribution in [3.63, 3.8) is 0 Å². The number of hydrogen-bond acceptors (Lipinski definition) is 3. The summed E-state index contributed by atoms with van der Waals surface area (Å²) in [5, 5.41) is 2.47. The van der Waals surface area contributed by atoms with E-state index in [9.17, 15) is 13.2 Å². The summed E-state index contributed by atoms with van der Waals surface area (Å²) in [6, 6.07) is 7.69. The second kappa shape index (κ2) is 8.67. The van der Waals surface area contributed by atoms with E-state index < -0.39 is 15.3 Å². The van der Waals surface area contributed by atoms with E-state index in [1.807, 2.05) is 24.3 Å². The first-order valence-electron chi connectivity index (χ1n) is 8.98. The Labute approximate surface area is 151 Å². The van der Waals surface area contributed by atoms with Gasteiger partial charge in [-0.15, -0.1) is 0 Å². The zero-order valence-corrected chi connectivity index (χ0v) is 16.1. The number of likely N-dealkylation sites (tertiary alicyclic amines) is 1. The molecular formula is C18H29N3O3S. The van der Waals surface area contributed by atoms with Gasteiger partial charge in [0.2, 0.25) is 10.0 Å². The summed E-state index contributed by atoms with van der Waals surface area (Å²) in [7, 11) is -3.26. The Bertz CT molecular complexity index is 663. The Hall–Kier alpha value is -1.60. The Morgan fingerprint density at radius 3 is 2.32 bits per heavy atom. The first-order valence-corrected chi connectivity index (χ1v) is 10.5. The third-order valence-corrected chi connectivity index (χ3v) is 6.38. The maximum Gasteiger partial charge on any atom is 0.321 e. The van der Waals surface area contributed by atoms with E-state index >= 15 is 0 Å². The zero-order valence-electron chi connectivity index (χ0n) is 15.3. The molecule has 1 aliphatic heterocycles. The van der Waals surface area contributed by atoms with Crippen LogP contribution in [-0.2, 0) is 16.4 Å². The van der Waals surface area contributed by atoms with Crippen LogP contribution in [0, 0.1) is 0 Å². The number of sulfonamides is 1. The molecule has 2 amide bonds. The van der Waals surface area contributed by atoms with Gasteiger partial charge >= 0.3 is 6.03 Å². The molecule has 25 heavy (non-hydrogen) atoms. The maximum atomic E-state index is 12.4.